The zero-order valence-corrected chi connectivity index (χ0v) is 19.2. The fourth-order valence-corrected chi connectivity index (χ4v) is 5.44. The summed E-state index contributed by atoms with van der Waals surface area (Å²) in [5.74, 6) is 0.801. The van der Waals surface area contributed by atoms with Gasteiger partial charge in [-0.15, -0.1) is 0 Å². The maximum atomic E-state index is 13.7. The maximum absolute atomic E-state index is 13.7. The Balaban J connectivity index is 1.61. The molecule has 1 aromatic carbocycles. The summed E-state index contributed by atoms with van der Waals surface area (Å²) < 4.78 is 35.2. The number of aryl methyl sites for hydroxylation is 2. The van der Waals surface area contributed by atoms with E-state index in [4.69, 9.17) is 9.84 Å². The quantitative estimate of drug-likeness (QED) is 0.745. The molecular formula is C24H31F2N5O2. The lowest BCUT2D eigenvalue weighted by molar-refractivity contribution is 0.0651. The molecule has 0 saturated carbocycles. The minimum absolute atomic E-state index is 0.0744. The normalized spacial score (nSPS) is 18.9. The lowest BCUT2D eigenvalue weighted by atomic mass is 9.95. The van der Waals surface area contributed by atoms with Crippen molar-refractivity contribution >= 4 is 17.5 Å². The van der Waals surface area contributed by atoms with Crippen molar-refractivity contribution < 1.29 is 18.3 Å². The van der Waals surface area contributed by atoms with Gasteiger partial charge in [-0.1, -0.05) is 6.07 Å². The van der Waals surface area contributed by atoms with Gasteiger partial charge in [-0.25, -0.2) is 13.6 Å². The Morgan fingerprint density at radius 2 is 2.00 bits per heavy atom. The molecule has 2 aromatic rings. The summed E-state index contributed by atoms with van der Waals surface area (Å²) in [5.41, 5.74) is 4.79. The number of nitrogens with one attached hydrogen (secondary N) is 1. The van der Waals surface area contributed by atoms with Crippen LogP contribution in [0.2, 0.25) is 0 Å². The van der Waals surface area contributed by atoms with Crippen molar-refractivity contribution in [3.63, 3.8) is 0 Å². The summed E-state index contributed by atoms with van der Waals surface area (Å²) in [6.07, 6.45) is 1.80. The second-order valence-corrected chi connectivity index (χ2v) is 9.16. The molecule has 5 rings (SSSR count). The van der Waals surface area contributed by atoms with Gasteiger partial charge in [0.25, 0.3) is 6.43 Å². The van der Waals surface area contributed by atoms with Crippen LogP contribution >= 0.6 is 0 Å². The highest BCUT2D eigenvalue weighted by Gasteiger charge is 2.34. The molecule has 0 unspecified atom stereocenters. The number of rotatable bonds is 3. The highest BCUT2D eigenvalue weighted by molar-refractivity contribution is 5.75. The first kappa shape index (κ1) is 22.1. The van der Waals surface area contributed by atoms with Gasteiger partial charge in [0.1, 0.15) is 0 Å². The Hall–Kier alpha value is -2.68. The molecule has 0 spiro atoms. The predicted molar refractivity (Wildman–Crippen MR) is 121 cm³/mol. The number of halogens is 2. The van der Waals surface area contributed by atoms with E-state index in [2.05, 4.69) is 14.9 Å². The third kappa shape index (κ3) is 3.96. The number of fused-ring (bicyclic) bond motifs is 2. The van der Waals surface area contributed by atoms with Crippen molar-refractivity contribution in [3.05, 3.63) is 40.1 Å². The first-order valence-corrected chi connectivity index (χ1v) is 11.8. The molecular weight excluding hydrogens is 428 g/mol. The van der Waals surface area contributed by atoms with Crippen molar-refractivity contribution in [1.82, 2.24) is 20.0 Å². The summed E-state index contributed by atoms with van der Waals surface area (Å²) in [7, 11) is 1.64. The minimum atomic E-state index is -2.52. The minimum Gasteiger partial charge on any atom is -0.381 e. The highest BCUT2D eigenvalue weighted by atomic mass is 19.3. The predicted octanol–water partition coefficient (Wildman–Crippen LogP) is 4.26. The molecule has 3 aliphatic rings. The number of hydrogen-bond donors (Lipinski definition) is 1. The van der Waals surface area contributed by atoms with E-state index in [0.29, 0.717) is 31.9 Å². The van der Waals surface area contributed by atoms with Gasteiger partial charge in [0, 0.05) is 62.3 Å². The second-order valence-electron chi connectivity index (χ2n) is 9.16. The molecule has 4 heterocycles. The van der Waals surface area contributed by atoms with Crippen LogP contribution in [0.25, 0.3) is 0 Å². The van der Waals surface area contributed by atoms with Gasteiger partial charge < -0.3 is 19.9 Å². The molecule has 1 aromatic heterocycles. The average molecular weight is 460 g/mol. The summed E-state index contributed by atoms with van der Waals surface area (Å²) >= 11 is 0. The van der Waals surface area contributed by atoms with Gasteiger partial charge in [0.15, 0.2) is 5.82 Å². The summed E-state index contributed by atoms with van der Waals surface area (Å²) in [4.78, 5) is 16.3. The number of hydrogen-bond acceptors (Lipinski definition) is 4. The van der Waals surface area contributed by atoms with Crippen molar-refractivity contribution in [3.8, 4) is 0 Å². The topological polar surface area (TPSA) is 62.6 Å². The van der Waals surface area contributed by atoms with E-state index < -0.39 is 6.43 Å². The van der Waals surface area contributed by atoms with Crippen LogP contribution in [-0.4, -0.2) is 54.1 Å². The second kappa shape index (κ2) is 8.93. The number of anilines is 2. The molecule has 0 radical (unpaired) electrons. The number of carbonyl (C=O) groups is 1. The molecule has 33 heavy (non-hydrogen) atoms. The third-order valence-corrected chi connectivity index (χ3v) is 7.18. The molecule has 2 amide bonds. The fraction of sp³-hybridized carbons (Fsp3) is 0.583. The van der Waals surface area contributed by atoms with E-state index in [1.54, 1.807) is 24.9 Å². The van der Waals surface area contributed by atoms with Crippen LogP contribution in [0.1, 0.15) is 59.7 Å². The number of alkyl halides is 2. The Morgan fingerprint density at radius 1 is 1.21 bits per heavy atom. The van der Waals surface area contributed by atoms with Crippen LogP contribution in [0.15, 0.2) is 12.1 Å². The summed E-state index contributed by atoms with van der Waals surface area (Å²) in [6.45, 7) is 4.99. The number of benzene rings is 1. The van der Waals surface area contributed by atoms with Crippen molar-refractivity contribution in [2.45, 2.75) is 58.0 Å². The number of urea groups is 1. The largest absolute Gasteiger partial charge is 0.381 e. The van der Waals surface area contributed by atoms with Crippen LogP contribution in [0, 0.1) is 6.92 Å². The standard InChI is InChI=1S/C24H31F2N5O2/c1-15-12-16-4-3-8-30(21(16)13-18(15)22(25)26)23-19-14-29(24(32)27-2)9-5-20(19)31(28-23)17-6-10-33-11-7-17/h12-13,17,22H,3-11,14H2,1-2H3,(H,27,32). The van der Waals surface area contributed by atoms with E-state index in [9.17, 15) is 13.6 Å². The Bertz CT molecular complexity index is 1050. The SMILES string of the molecule is CNC(=O)N1CCc2c(c(N3CCCc4cc(C)c(C(F)F)cc43)nn2C2CCOCC2)C1. The molecule has 0 bridgehead atoms. The van der Waals surface area contributed by atoms with Crippen LogP contribution < -0.4 is 10.2 Å². The first-order chi connectivity index (χ1) is 16.0. The summed E-state index contributed by atoms with van der Waals surface area (Å²) in [5, 5.41) is 7.82. The van der Waals surface area contributed by atoms with Gasteiger partial charge in [-0.05, 0) is 49.8 Å². The van der Waals surface area contributed by atoms with Crippen LogP contribution in [0.4, 0.5) is 25.1 Å². The fourth-order valence-electron chi connectivity index (χ4n) is 5.44. The maximum Gasteiger partial charge on any atom is 0.317 e. The number of carbonyl (C=O) groups excluding carboxylic acids is 1. The molecule has 1 fully saturated rings. The molecule has 0 aliphatic carbocycles. The Labute approximate surface area is 192 Å². The van der Waals surface area contributed by atoms with Crippen molar-refractivity contribution in [2.75, 3.05) is 38.3 Å². The monoisotopic (exact) mass is 459 g/mol. The van der Waals surface area contributed by atoms with Crippen LogP contribution in [0.5, 0.6) is 0 Å². The number of nitrogens with zero attached hydrogens (tertiary/aromatic N) is 4. The molecule has 0 atom stereocenters. The lowest BCUT2D eigenvalue weighted by Crippen LogP contribution is -2.42. The average Bonchev–Trinajstić information content (AvgIpc) is 3.21. The highest BCUT2D eigenvalue weighted by Crippen LogP contribution is 2.41. The molecule has 9 heteroatoms. The Kier molecular flexibility index (Phi) is 5.99. The van der Waals surface area contributed by atoms with Gasteiger partial charge in [0.2, 0.25) is 0 Å². The molecule has 1 N–H and O–H groups in total. The van der Waals surface area contributed by atoms with Gasteiger partial charge in [0.05, 0.1) is 12.6 Å². The van der Waals surface area contributed by atoms with E-state index >= 15 is 0 Å². The van der Waals surface area contributed by atoms with Gasteiger partial charge in [-0.2, -0.15) is 5.10 Å². The number of amides is 2. The zero-order chi connectivity index (χ0) is 23.1. The van der Waals surface area contributed by atoms with E-state index in [0.717, 1.165) is 67.0 Å². The number of aromatic nitrogens is 2. The van der Waals surface area contributed by atoms with Crippen molar-refractivity contribution in [2.24, 2.45) is 0 Å². The van der Waals surface area contributed by atoms with Crippen LogP contribution in [-0.2, 0) is 24.1 Å². The van der Waals surface area contributed by atoms with E-state index in [-0.39, 0.29) is 17.6 Å². The third-order valence-electron chi connectivity index (χ3n) is 7.18. The molecule has 1 saturated heterocycles. The van der Waals surface area contributed by atoms with Crippen LogP contribution in [0.3, 0.4) is 0 Å². The van der Waals surface area contributed by atoms with Gasteiger partial charge in [-0.3, -0.25) is 4.68 Å². The Morgan fingerprint density at radius 3 is 2.73 bits per heavy atom. The molecule has 3 aliphatic heterocycles. The smallest absolute Gasteiger partial charge is 0.317 e. The zero-order valence-electron chi connectivity index (χ0n) is 19.2. The van der Waals surface area contributed by atoms with E-state index in [1.165, 1.54) is 0 Å². The van der Waals surface area contributed by atoms with Crippen molar-refractivity contribution in [1.29, 1.82) is 0 Å². The van der Waals surface area contributed by atoms with Gasteiger partial charge >= 0.3 is 6.03 Å². The molecule has 178 valence electrons. The van der Waals surface area contributed by atoms with E-state index in [1.807, 2.05) is 6.07 Å². The summed E-state index contributed by atoms with van der Waals surface area (Å²) in [6, 6.07) is 3.70. The first-order valence-electron chi connectivity index (χ1n) is 11.8. The lowest BCUT2D eigenvalue weighted by Gasteiger charge is -2.33. The molecule has 7 nitrogen and oxygen atoms in total. The number of ether oxygens (including phenoxy) is 1.